The van der Waals surface area contributed by atoms with Gasteiger partial charge in [-0.3, -0.25) is 4.57 Å². The molecule has 4 nitrogen and oxygen atoms in total. The van der Waals surface area contributed by atoms with Crippen molar-refractivity contribution in [2.45, 2.75) is 17.8 Å². The van der Waals surface area contributed by atoms with Crippen molar-refractivity contribution >= 4 is 35.0 Å². The summed E-state index contributed by atoms with van der Waals surface area (Å²) in [7, 11) is 1.65. The second-order valence-corrected chi connectivity index (χ2v) is 8.50. The monoisotopic (exact) mass is 455 g/mol. The summed E-state index contributed by atoms with van der Waals surface area (Å²) >= 11 is 14.1. The van der Waals surface area contributed by atoms with Crippen molar-refractivity contribution in [3.05, 3.63) is 87.9 Å². The molecule has 3 aromatic carbocycles. The average molecular weight is 456 g/mol. The van der Waals surface area contributed by atoms with Gasteiger partial charge >= 0.3 is 0 Å². The molecule has 0 aliphatic rings. The highest BCUT2D eigenvalue weighted by Crippen LogP contribution is 2.33. The first kappa shape index (κ1) is 20.8. The first-order valence-electron chi connectivity index (χ1n) is 9.29. The largest absolute Gasteiger partial charge is 0.497 e. The van der Waals surface area contributed by atoms with Crippen LogP contribution in [0.1, 0.15) is 11.1 Å². The molecule has 152 valence electrons. The summed E-state index contributed by atoms with van der Waals surface area (Å²) in [5.41, 5.74) is 4.24. The smallest absolute Gasteiger partial charge is 0.196 e. The Labute approximate surface area is 189 Å². The fraction of sp³-hybridized carbons (Fsp3) is 0.130. The number of thioether (sulfide) groups is 1. The van der Waals surface area contributed by atoms with Gasteiger partial charge in [-0.1, -0.05) is 64.8 Å². The molecule has 0 unspecified atom stereocenters. The third-order valence-corrected chi connectivity index (χ3v) is 6.37. The molecule has 4 rings (SSSR count). The van der Waals surface area contributed by atoms with Crippen molar-refractivity contribution in [1.29, 1.82) is 0 Å². The highest BCUT2D eigenvalue weighted by molar-refractivity contribution is 7.98. The summed E-state index contributed by atoms with van der Waals surface area (Å²) in [5.74, 6) is 2.29. The van der Waals surface area contributed by atoms with E-state index in [1.54, 1.807) is 24.9 Å². The molecule has 0 atom stereocenters. The minimum Gasteiger partial charge on any atom is -0.497 e. The first-order chi connectivity index (χ1) is 14.5. The van der Waals surface area contributed by atoms with E-state index >= 15 is 0 Å². The van der Waals surface area contributed by atoms with Crippen LogP contribution in [0.15, 0.2) is 71.9 Å². The standard InChI is InChI=1S/C23H19Cl2N3OS/c1-15-3-5-16(6-4-15)14-30-23-27-26-22(17-7-10-19(29-2)11-8-17)28(23)18-9-12-20(24)21(25)13-18/h3-13H,14H2,1-2H3. The number of halogens is 2. The topological polar surface area (TPSA) is 39.9 Å². The molecule has 0 aliphatic heterocycles. The fourth-order valence-electron chi connectivity index (χ4n) is 2.98. The third-order valence-electron chi connectivity index (χ3n) is 4.63. The van der Waals surface area contributed by atoms with Crippen molar-refractivity contribution in [2.75, 3.05) is 7.11 Å². The molecule has 0 radical (unpaired) electrons. The quantitative estimate of drug-likeness (QED) is 0.298. The number of ether oxygens (including phenoxy) is 1. The Morgan fingerprint density at radius 3 is 2.30 bits per heavy atom. The highest BCUT2D eigenvalue weighted by atomic mass is 35.5. The molecular weight excluding hydrogens is 437 g/mol. The number of hydrogen-bond donors (Lipinski definition) is 0. The van der Waals surface area contributed by atoms with Crippen LogP contribution in [0.2, 0.25) is 10.0 Å². The molecule has 0 saturated carbocycles. The molecule has 0 fully saturated rings. The van der Waals surface area contributed by atoms with Crippen LogP contribution in [0.25, 0.3) is 17.1 Å². The van der Waals surface area contributed by atoms with Crippen LogP contribution in [0, 0.1) is 6.92 Å². The molecule has 0 N–H and O–H groups in total. The van der Waals surface area contributed by atoms with Crippen LogP contribution in [-0.2, 0) is 5.75 Å². The summed E-state index contributed by atoms with van der Waals surface area (Å²) in [5, 5.41) is 10.7. The maximum absolute atomic E-state index is 6.30. The molecule has 0 aliphatic carbocycles. The van der Waals surface area contributed by atoms with E-state index in [-0.39, 0.29) is 0 Å². The minimum atomic E-state index is 0.484. The van der Waals surface area contributed by atoms with Gasteiger partial charge in [0.15, 0.2) is 11.0 Å². The highest BCUT2D eigenvalue weighted by Gasteiger charge is 2.17. The predicted octanol–water partition coefficient (Wildman–Crippen LogP) is 6.85. The van der Waals surface area contributed by atoms with E-state index in [1.165, 1.54) is 11.1 Å². The van der Waals surface area contributed by atoms with Gasteiger partial charge in [0.1, 0.15) is 5.75 Å². The van der Waals surface area contributed by atoms with Crippen molar-refractivity contribution in [1.82, 2.24) is 14.8 Å². The molecule has 1 aromatic heterocycles. The molecule has 0 bridgehead atoms. The van der Waals surface area contributed by atoms with Crippen LogP contribution < -0.4 is 4.74 Å². The van der Waals surface area contributed by atoms with Gasteiger partial charge in [-0.25, -0.2) is 0 Å². The van der Waals surface area contributed by atoms with Gasteiger partial charge in [0.05, 0.1) is 22.8 Å². The number of rotatable bonds is 6. The maximum atomic E-state index is 6.30. The Morgan fingerprint density at radius 2 is 1.63 bits per heavy atom. The van der Waals surface area contributed by atoms with Gasteiger partial charge in [-0.2, -0.15) is 0 Å². The van der Waals surface area contributed by atoms with Crippen LogP contribution in [-0.4, -0.2) is 21.9 Å². The van der Waals surface area contributed by atoms with Crippen molar-refractivity contribution in [2.24, 2.45) is 0 Å². The molecular formula is C23H19Cl2N3OS. The van der Waals surface area contributed by atoms with Crippen molar-refractivity contribution in [3.63, 3.8) is 0 Å². The Bertz CT molecular complexity index is 1160. The van der Waals surface area contributed by atoms with Crippen LogP contribution >= 0.6 is 35.0 Å². The van der Waals surface area contributed by atoms with E-state index in [4.69, 9.17) is 27.9 Å². The van der Waals surface area contributed by atoms with E-state index in [0.29, 0.717) is 10.0 Å². The Hall–Kier alpha value is -2.47. The zero-order valence-corrected chi connectivity index (χ0v) is 18.8. The van der Waals surface area contributed by atoms with Gasteiger partial charge in [0, 0.05) is 11.3 Å². The number of nitrogens with zero attached hydrogens (tertiary/aromatic N) is 3. The maximum Gasteiger partial charge on any atom is 0.196 e. The first-order valence-corrected chi connectivity index (χ1v) is 11.0. The Balaban J connectivity index is 1.74. The van der Waals surface area contributed by atoms with Gasteiger partial charge in [-0.05, 0) is 55.0 Å². The van der Waals surface area contributed by atoms with Gasteiger partial charge < -0.3 is 4.74 Å². The minimum absolute atomic E-state index is 0.484. The fourth-order valence-corrected chi connectivity index (χ4v) is 4.18. The predicted molar refractivity (Wildman–Crippen MR) is 124 cm³/mol. The number of hydrogen-bond acceptors (Lipinski definition) is 4. The molecule has 7 heteroatoms. The summed E-state index contributed by atoms with van der Waals surface area (Å²) in [6.07, 6.45) is 0. The van der Waals surface area contributed by atoms with E-state index in [1.807, 2.05) is 41.0 Å². The summed E-state index contributed by atoms with van der Waals surface area (Å²) < 4.78 is 7.27. The SMILES string of the molecule is COc1ccc(-c2nnc(SCc3ccc(C)cc3)n2-c2ccc(Cl)c(Cl)c2)cc1. The third kappa shape index (κ3) is 4.48. The van der Waals surface area contributed by atoms with E-state index in [2.05, 4.69) is 41.4 Å². The van der Waals surface area contributed by atoms with Crippen LogP contribution in [0.4, 0.5) is 0 Å². The molecule has 0 amide bonds. The zero-order chi connectivity index (χ0) is 21.1. The van der Waals surface area contributed by atoms with E-state index < -0.39 is 0 Å². The van der Waals surface area contributed by atoms with Gasteiger partial charge in [-0.15, -0.1) is 10.2 Å². The second-order valence-electron chi connectivity index (χ2n) is 6.74. The van der Waals surface area contributed by atoms with Gasteiger partial charge in [0.2, 0.25) is 0 Å². The lowest BCUT2D eigenvalue weighted by Gasteiger charge is -2.12. The average Bonchev–Trinajstić information content (AvgIpc) is 3.19. The second kappa shape index (κ2) is 9.13. The van der Waals surface area contributed by atoms with E-state index in [9.17, 15) is 0 Å². The molecule has 30 heavy (non-hydrogen) atoms. The van der Waals surface area contributed by atoms with Crippen LogP contribution in [0.5, 0.6) is 5.75 Å². The molecule has 4 aromatic rings. The summed E-state index contributed by atoms with van der Waals surface area (Å²) in [4.78, 5) is 0. The lowest BCUT2D eigenvalue weighted by molar-refractivity contribution is 0.415. The lowest BCUT2D eigenvalue weighted by atomic mass is 10.2. The normalized spacial score (nSPS) is 10.9. The summed E-state index contributed by atoms with van der Waals surface area (Å²) in [6.45, 7) is 2.08. The lowest BCUT2D eigenvalue weighted by Crippen LogP contribution is -2.00. The Kier molecular flexibility index (Phi) is 6.32. The number of aryl methyl sites for hydroxylation is 1. The molecule has 0 spiro atoms. The Morgan fingerprint density at radius 1 is 0.900 bits per heavy atom. The van der Waals surface area contributed by atoms with Crippen molar-refractivity contribution < 1.29 is 4.74 Å². The molecule has 0 saturated heterocycles. The number of benzene rings is 3. The van der Waals surface area contributed by atoms with Gasteiger partial charge in [0.25, 0.3) is 0 Å². The molecule has 1 heterocycles. The van der Waals surface area contributed by atoms with Crippen LogP contribution in [0.3, 0.4) is 0 Å². The summed E-state index contributed by atoms with van der Waals surface area (Å²) in [6, 6.07) is 21.8. The number of aromatic nitrogens is 3. The van der Waals surface area contributed by atoms with E-state index in [0.717, 1.165) is 33.7 Å². The zero-order valence-electron chi connectivity index (χ0n) is 16.5. The van der Waals surface area contributed by atoms with Crippen molar-refractivity contribution in [3.8, 4) is 22.8 Å². The number of methoxy groups -OCH3 is 1.